The van der Waals surface area contributed by atoms with Crippen LogP contribution in [0.1, 0.15) is 32.6 Å². The number of alkyl halides is 3. The van der Waals surface area contributed by atoms with Gasteiger partial charge in [0, 0.05) is 18.7 Å². The van der Waals surface area contributed by atoms with E-state index in [0.717, 1.165) is 35.4 Å². The smallest absolute Gasteiger partial charge is 0.416 e. The number of hydrogen-bond acceptors (Lipinski definition) is 4. The molecular formula is C31H27F3N2O4. The lowest BCUT2D eigenvalue weighted by Gasteiger charge is -2.27. The van der Waals surface area contributed by atoms with Gasteiger partial charge in [-0.3, -0.25) is 14.4 Å². The van der Waals surface area contributed by atoms with Crippen LogP contribution >= 0.6 is 0 Å². The predicted octanol–water partition coefficient (Wildman–Crippen LogP) is 5.98. The highest BCUT2D eigenvalue weighted by molar-refractivity contribution is 5.96. The number of fused-ring (bicyclic) bond motifs is 1. The fourth-order valence-electron chi connectivity index (χ4n) is 4.26. The Balaban J connectivity index is 1.61. The van der Waals surface area contributed by atoms with Gasteiger partial charge >= 0.3 is 6.18 Å². The van der Waals surface area contributed by atoms with Crippen LogP contribution in [0.3, 0.4) is 0 Å². The molecule has 0 radical (unpaired) electrons. The van der Waals surface area contributed by atoms with Crippen LogP contribution in [-0.2, 0) is 24.1 Å². The van der Waals surface area contributed by atoms with Crippen molar-refractivity contribution in [3.05, 3.63) is 130 Å². The first-order valence-corrected chi connectivity index (χ1v) is 12.5. The molecular weight excluding hydrogens is 521 g/mol. The van der Waals surface area contributed by atoms with E-state index in [4.69, 9.17) is 4.42 Å². The van der Waals surface area contributed by atoms with Crippen molar-refractivity contribution in [3.8, 4) is 0 Å². The Morgan fingerprint density at radius 2 is 1.65 bits per heavy atom. The van der Waals surface area contributed by atoms with Gasteiger partial charge in [-0.1, -0.05) is 48.0 Å². The zero-order valence-corrected chi connectivity index (χ0v) is 21.8. The zero-order chi connectivity index (χ0) is 28.9. The average molecular weight is 549 g/mol. The molecule has 3 aromatic carbocycles. The Labute approximate surface area is 228 Å². The number of carbonyl (C=O) groups is 2. The SMILES string of the molecule is C=CCN(CC(=O)N(Cc1ccccc1)Cc1coc2ccc(C)cc2c1=O)C(=O)c1ccc(C(F)(F)F)cc1. The van der Waals surface area contributed by atoms with Crippen LogP contribution in [0.5, 0.6) is 0 Å². The maximum atomic E-state index is 13.6. The minimum absolute atomic E-state index is 0.00260. The van der Waals surface area contributed by atoms with Crippen molar-refractivity contribution in [3.63, 3.8) is 0 Å². The Hall–Kier alpha value is -4.66. The highest BCUT2D eigenvalue weighted by atomic mass is 19.4. The number of aryl methyl sites for hydroxylation is 1. The van der Waals surface area contributed by atoms with Gasteiger partial charge in [-0.2, -0.15) is 13.2 Å². The van der Waals surface area contributed by atoms with Gasteiger partial charge < -0.3 is 14.2 Å². The van der Waals surface area contributed by atoms with Gasteiger partial charge in [-0.25, -0.2) is 0 Å². The van der Waals surface area contributed by atoms with Crippen molar-refractivity contribution in [2.75, 3.05) is 13.1 Å². The number of nitrogens with zero attached hydrogens (tertiary/aromatic N) is 2. The summed E-state index contributed by atoms with van der Waals surface area (Å²) in [6.45, 7) is 5.19. The maximum absolute atomic E-state index is 13.6. The summed E-state index contributed by atoms with van der Waals surface area (Å²) in [5.41, 5.74) is 1.25. The second kappa shape index (κ2) is 12.0. The fourth-order valence-corrected chi connectivity index (χ4v) is 4.26. The molecule has 0 fully saturated rings. The number of rotatable bonds is 9. The van der Waals surface area contributed by atoms with Gasteiger partial charge in [-0.15, -0.1) is 6.58 Å². The number of halogens is 3. The van der Waals surface area contributed by atoms with Gasteiger partial charge in [0.05, 0.1) is 29.3 Å². The summed E-state index contributed by atoms with van der Waals surface area (Å²) in [5, 5.41) is 0.398. The topological polar surface area (TPSA) is 70.8 Å². The third-order valence-corrected chi connectivity index (χ3v) is 6.35. The van der Waals surface area contributed by atoms with Crippen LogP contribution in [-0.4, -0.2) is 34.7 Å². The van der Waals surface area contributed by atoms with Crippen LogP contribution in [0.2, 0.25) is 0 Å². The van der Waals surface area contributed by atoms with E-state index in [9.17, 15) is 27.6 Å². The Kier molecular flexibility index (Phi) is 8.52. The summed E-state index contributed by atoms with van der Waals surface area (Å²) >= 11 is 0. The van der Waals surface area contributed by atoms with Crippen LogP contribution < -0.4 is 5.43 Å². The monoisotopic (exact) mass is 548 g/mol. The number of hydrogen-bond donors (Lipinski definition) is 0. The van der Waals surface area contributed by atoms with Crippen molar-refractivity contribution < 1.29 is 27.2 Å². The molecule has 0 saturated carbocycles. The van der Waals surface area contributed by atoms with E-state index < -0.39 is 23.6 Å². The molecule has 4 rings (SSSR count). The van der Waals surface area contributed by atoms with Crippen molar-refractivity contribution >= 4 is 22.8 Å². The van der Waals surface area contributed by atoms with E-state index in [0.29, 0.717) is 11.0 Å². The van der Waals surface area contributed by atoms with E-state index in [1.165, 1.54) is 22.1 Å². The van der Waals surface area contributed by atoms with Gasteiger partial charge in [0.2, 0.25) is 5.91 Å². The average Bonchev–Trinajstić information content (AvgIpc) is 2.94. The quantitative estimate of drug-likeness (QED) is 0.242. The molecule has 0 saturated heterocycles. The molecule has 0 unspecified atom stereocenters. The van der Waals surface area contributed by atoms with Gasteiger partial charge in [0.1, 0.15) is 12.1 Å². The fraction of sp³-hybridized carbons (Fsp3) is 0.194. The lowest BCUT2D eigenvalue weighted by molar-refractivity contribution is -0.137. The molecule has 1 aromatic heterocycles. The van der Waals surface area contributed by atoms with Crippen LogP contribution in [0, 0.1) is 6.92 Å². The molecule has 0 aliphatic carbocycles. The summed E-state index contributed by atoms with van der Waals surface area (Å²) in [7, 11) is 0. The van der Waals surface area contributed by atoms with Crippen molar-refractivity contribution in [1.29, 1.82) is 0 Å². The number of carbonyl (C=O) groups excluding carboxylic acids is 2. The normalized spacial score (nSPS) is 11.3. The standard InChI is InChI=1S/C31H27F3N2O4/c1-3-15-35(30(39)23-10-12-25(13-11-23)31(32,33)34)19-28(37)36(17-22-7-5-4-6-8-22)18-24-20-40-27-14-9-21(2)16-26(27)29(24)38/h3-14,16,20H,1,15,17-19H2,2H3. The molecule has 1 heterocycles. The van der Waals surface area contributed by atoms with Crippen LogP contribution in [0.15, 0.2) is 101 Å². The highest BCUT2D eigenvalue weighted by Crippen LogP contribution is 2.29. The highest BCUT2D eigenvalue weighted by Gasteiger charge is 2.31. The van der Waals surface area contributed by atoms with Gasteiger partial charge in [0.15, 0.2) is 5.43 Å². The van der Waals surface area contributed by atoms with E-state index in [-0.39, 0.29) is 42.7 Å². The van der Waals surface area contributed by atoms with Crippen molar-refractivity contribution in [2.24, 2.45) is 0 Å². The number of amides is 2. The van der Waals surface area contributed by atoms with Crippen LogP contribution in [0.4, 0.5) is 13.2 Å². The second-order valence-corrected chi connectivity index (χ2v) is 9.37. The first-order valence-electron chi connectivity index (χ1n) is 12.5. The molecule has 2 amide bonds. The molecule has 40 heavy (non-hydrogen) atoms. The van der Waals surface area contributed by atoms with E-state index in [1.807, 2.05) is 43.3 Å². The van der Waals surface area contributed by atoms with E-state index >= 15 is 0 Å². The molecule has 4 aromatic rings. The molecule has 0 aliphatic heterocycles. The molecule has 0 N–H and O–H groups in total. The second-order valence-electron chi connectivity index (χ2n) is 9.37. The molecule has 6 nitrogen and oxygen atoms in total. The number of benzene rings is 3. The minimum atomic E-state index is -4.54. The molecule has 0 atom stereocenters. The predicted molar refractivity (Wildman–Crippen MR) is 145 cm³/mol. The molecule has 206 valence electrons. The zero-order valence-electron chi connectivity index (χ0n) is 21.8. The minimum Gasteiger partial charge on any atom is -0.464 e. The largest absolute Gasteiger partial charge is 0.464 e. The Bertz CT molecular complexity index is 1580. The third kappa shape index (κ3) is 6.66. The summed E-state index contributed by atoms with van der Waals surface area (Å²) < 4.78 is 44.6. The van der Waals surface area contributed by atoms with Crippen LogP contribution in [0.25, 0.3) is 11.0 Å². The summed E-state index contributed by atoms with van der Waals surface area (Å²) in [6, 6.07) is 18.2. The first kappa shape index (κ1) is 28.4. The lowest BCUT2D eigenvalue weighted by atomic mass is 10.1. The van der Waals surface area contributed by atoms with Gasteiger partial charge in [0.25, 0.3) is 5.91 Å². The summed E-state index contributed by atoms with van der Waals surface area (Å²) in [6.07, 6.45) is -1.78. The molecule has 0 spiro atoms. The molecule has 9 heteroatoms. The summed E-state index contributed by atoms with van der Waals surface area (Å²) in [5.74, 6) is -1.09. The molecule has 0 bridgehead atoms. The molecule has 0 aliphatic rings. The van der Waals surface area contributed by atoms with E-state index in [2.05, 4.69) is 6.58 Å². The third-order valence-electron chi connectivity index (χ3n) is 6.35. The van der Waals surface area contributed by atoms with E-state index in [1.54, 1.807) is 12.1 Å². The van der Waals surface area contributed by atoms with Crippen molar-refractivity contribution in [2.45, 2.75) is 26.2 Å². The Morgan fingerprint density at radius 1 is 0.950 bits per heavy atom. The first-order chi connectivity index (χ1) is 19.1. The van der Waals surface area contributed by atoms with Gasteiger partial charge in [-0.05, 0) is 48.9 Å². The maximum Gasteiger partial charge on any atom is 0.416 e. The van der Waals surface area contributed by atoms with Crippen molar-refractivity contribution in [1.82, 2.24) is 9.80 Å². The lowest BCUT2D eigenvalue weighted by Crippen LogP contribution is -2.43. The summed E-state index contributed by atoms with van der Waals surface area (Å²) in [4.78, 5) is 42.7. The Morgan fingerprint density at radius 3 is 2.30 bits per heavy atom.